The van der Waals surface area contributed by atoms with Gasteiger partial charge in [0.2, 0.25) is 0 Å². The smallest absolute Gasteiger partial charge is 0.0411 e. The number of hydrogen-bond donors (Lipinski definition) is 0. The Balaban J connectivity index is 0.000000300. The molecule has 2 aliphatic carbocycles. The van der Waals surface area contributed by atoms with Crippen LogP contribution in [0.5, 0.6) is 0 Å². The van der Waals surface area contributed by atoms with Crippen molar-refractivity contribution in [2.75, 3.05) is 0 Å². The van der Waals surface area contributed by atoms with Gasteiger partial charge in [0.1, 0.15) is 0 Å². The fourth-order valence-electron chi connectivity index (χ4n) is 2.98. The molecule has 0 saturated heterocycles. The maximum Gasteiger partial charge on any atom is 0.0411 e. The van der Waals surface area contributed by atoms with Gasteiger partial charge >= 0.3 is 126 Å². The molecule has 0 nitrogen and oxygen atoms in total. The molecule has 0 aromatic heterocycles. The molecule has 0 heterocycles. The minimum atomic E-state index is -0.611. The molecule has 0 spiro atoms. The Morgan fingerprint density at radius 2 is 1.04 bits per heavy atom. The molecule has 0 fully saturated rings. The van der Waals surface area contributed by atoms with Crippen LogP contribution in [-0.2, 0) is 23.2 Å². The molecule has 0 aliphatic heterocycles. The van der Waals surface area contributed by atoms with E-state index in [4.69, 9.17) is 0 Å². The van der Waals surface area contributed by atoms with Crippen LogP contribution in [0.1, 0.15) is 29.5 Å². The molecule has 2 unspecified atom stereocenters. The molecule has 0 amide bonds. The molecule has 122 valence electrons. The summed E-state index contributed by atoms with van der Waals surface area (Å²) in [6.07, 6.45) is 9.49. The van der Waals surface area contributed by atoms with E-state index < -0.39 is 31.3 Å². The number of fused-ring (bicyclic) bond motifs is 2. The van der Waals surface area contributed by atoms with Crippen molar-refractivity contribution in [1.29, 1.82) is 0 Å². The SMILES string of the molecule is C1=C[CH]([Zr][CH]2C=Cc3ccccc32)c2ccccc21.C[Si](C)(C)C. The van der Waals surface area contributed by atoms with Crippen molar-refractivity contribution in [2.45, 2.75) is 33.4 Å². The van der Waals surface area contributed by atoms with Gasteiger partial charge < -0.3 is 0 Å². The monoisotopic (exact) mass is 408 g/mol. The molecule has 2 heteroatoms. The number of benzene rings is 2. The molecule has 0 N–H and O–H groups in total. The molecule has 24 heavy (non-hydrogen) atoms. The van der Waals surface area contributed by atoms with Crippen LogP contribution in [0.25, 0.3) is 12.2 Å². The minimum absolute atomic E-state index is 0.542. The molecule has 0 radical (unpaired) electrons. The summed E-state index contributed by atoms with van der Waals surface area (Å²) in [5.41, 5.74) is 5.99. The Bertz CT molecular complexity index is 702. The van der Waals surface area contributed by atoms with Gasteiger partial charge in [-0.1, -0.05) is 26.2 Å². The van der Waals surface area contributed by atoms with Gasteiger partial charge in [0.25, 0.3) is 0 Å². The van der Waals surface area contributed by atoms with Crippen molar-refractivity contribution < 1.29 is 23.2 Å². The third-order valence-corrected chi connectivity index (χ3v) is 8.20. The van der Waals surface area contributed by atoms with Gasteiger partial charge in [0, 0.05) is 8.07 Å². The van der Waals surface area contributed by atoms with E-state index in [1.165, 1.54) is 11.1 Å². The largest absolute Gasteiger partial charge is 0.0697 e. The Labute approximate surface area is 159 Å². The third-order valence-electron chi connectivity index (χ3n) is 3.96. The second kappa shape index (κ2) is 7.50. The van der Waals surface area contributed by atoms with E-state index >= 15 is 0 Å². The standard InChI is InChI=1S/2C9H7.C4H12Si.Zr/c2*1-2-5-9-7-3-6-8(9)4-1;1-5(2,3)4;/h2*1-7H;1-4H3;. The summed E-state index contributed by atoms with van der Waals surface area (Å²) in [4.78, 5) is 0. The number of hydrogen-bond acceptors (Lipinski definition) is 0. The van der Waals surface area contributed by atoms with Gasteiger partial charge in [-0.3, -0.25) is 0 Å². The first kappa shape index (κ1) is 17.8. The summed E-state index contributed by atoms with van der Waals surface area (Å²) in [6, 6.07) is 17.7. The normalized spacial score (nSPS) is 20.2. The van der Waals surface area contributed by atoms with Crippen molar-refractivity contribution >= 4 is 20.2 Å². The average molecular weight is 410 g/mol. The fourth-order valence-corrected chi connectivity index (χ4v) is 7.13. The van der Waals surface area contributed by atoms with Crippen LogP contribution in [-0.4, -0.2) is 8.07 Å². The second-order valence-corrected chi connectivity index (χ2v) is 18.0. The van der Waals surface area contributed by atoms with Gasteiger partial charge in [-0.15, -0.1) is 0 Å². The molecule has 2 aliphatic rings. The molecular weight excluding hydrogens is 384 g/mol. The minimum Gasteiger partial charge on any atom is -0.0697 e. The fraction of sp³-hybridized carbons (Fsp3) is 0.273. The first-order valence-corrected chi connectivity index (χ1v) is 15.6. The maximum absolute atomic E-state index is 2.44. The summed E-state index contributed by atoms with van der Waals surface area (Å²) in [5.74, 6) is 0. The van der Waals surface area contributed by atoms with E-state index in [2.05, 4.69) is 99.0 Å². The van der Waals surface area contributed by atoms with Crippen LogP contribution in [0.2, 0.25) is 26.2 Å². The van der Waals surface area contributed by atoms with Gasteiger partial charge in [-0.2, -0.15) is 0 Å². The Kier molecular flexibility index (Phi) is 5.57. The van der Waals surface area contributed by atoms with Gasteiger partial charge in [0.15, 0.2) is 0 Å². The summed E-state index contributed by atoms with van der Waals surface area (Å²) in [7, 11) is -0.611. The van der Waals surface area contributed by atoms with Crippen molar-refractivity contribution in [3.8, 4) is 0 Å². The zero-order chi connectivity index (χ0) is 17.2. The quantitative estimate of drug-likeness (QED) is 0.493. The average Bonchev–Trinajstić information content (AvgIpc) is 3.12. The zero-order valence-electron chi connectivity index (χ0n) is 15.1. The molecule has 2 aromatic rings. The second-order valence-electron chi connectivity index (χ2n) is 8.10. The number of allylic oxidation sites excluding steroid dienone is 2. The molecular formula is C22H26SiZr. The van der Waals surface area contributed by atoms with Crippen LogP contribution < -0.4 is 0 Å². The Hall–Kier alpha value is -0.980. The van der Waals surface area contributed by atoms with Gasteiger partial charge in [-0.25, -0.2) is 0 Å². The summed E-state index contributed by atoms with van der Waals surface area (Å²) >= 11 is -0.542. The van der Waals surface area contributed by atoms with Crippen LogP contribution in [0.4, 0.5) is 0 Å². The van der Waals surface area contributed by atoms with Crippen LogP contribution in [0, 0.1) is 0 Å². The first-order chi connectivity index (χ1) is 11.4. The van der Waals surface area contributed by atoms with E-state index in [9.17, 15) is 0 Å². The van der Waals surface area contributed by atoms with Gasteiger partial charge in [-0.05, 0) is 0 Å². The predicted molar refractivity (Wildman–Crippen MR) is 106 cm³/mol. The molecule has 2 aromatic carbocycles. The predicted octanol–water partition coefficient (Wildman–Crippen LogP) is 6.56. The van der Waals surface area contributed by atoms with Crippen molar-refractivity contribution in [3.05, 3.63) is 82.9 Å². The van der Waals surface area contributed by atoms with Crippen LogP contribution >= 0.6 is 0 Å². The van der Waals surface area contributed by atoms with Crippen LogP contribution in [0.15, 0.2) is 60.7 Å². The van der Waals surface area contributed by atoms with E-state index in [1.54, 1.807) is 11.1 Å². The Morgan fingerprint density at radius 3 is 1.46 bits per heavy atom. The van der Waals surface area contributed by atoms with Crippen molar-refractivity contribution in [1.82, 2.24) is 0 Å². The molecule has 4 rings (SSSR count). The van der Waals surface area contributed by atoms with E-state index in [1.807, 2.05) is 0 Å². The van der Waals surface area contributed by atoms with Crippen LogP contribution in [0.3, 0.4) is 0 Å². The molecule has 2 atom stereocenters. The van der Waals surface area contributed by atoms with E-state index in [0.29, 0.717) is 0 Å². The van der Waals surface area contributed by atoms with Crippen molar-refractivity contribution in [2.24, 2.45) is 0 Å². The zero-order valence-corrected chi connectivity index (χ0v) is 18.5. The molecule has 0 bridgehead atoms. The number of rotatable bonds is 2. The summed E-state index contributed by atoms with van der Waals surface area (Å²) in [6.45, 7) is 9.31. The van der Waals surface area contributed by atoms with E-state index in [-0.39, 0.29) is 0 Å². The van der Waals surface area contributed by atoms with Crippen molar-refractivity contribution in [3.63, 3.8) is 0 Å². The summed E-state index contributed by atoms with van der Waals surface area (Å²) in [5, 5.41) is 0. The molecule has 0 saturated carbocycles. The van der Waals surface area contributed by atoms with Gasteiger partial charge in [0.05, 0.1) is 0 Å². The maximum atomic E-state index is 2.44. The summed E-state index contributed by atoms with van der Waals surface area (Å²) < 4.78 is 1.47. The first-order valence-electron chi connectivity index (χ1n) is 8.72. The Morgan fingerprint density at radius 1 is 0.667 bits per heavy atom. The third kappa shape index (κ3) is 4.55. The topological polar surface area (TPSA) is 0 Å². The van der Waals surface area contributed by atoms with E-state index in [0.717, 1.165) is 7.25 Å².